The van der Waals surface area contributed by atoms with Gasteiger partial charge in [0.15, 0.2) is 0 Å². The van der Waals surface area contributed by atoms with E-state index in [2.05, 4.69) is 5.32 Å². The molecule has 0 aromatic heterocycles. The molecule has 3 amide bonds. The highest BCUT2D eigenvalue weighted by atomic mass is 16.5. The molecule has 0 saturated carbocycles. The van der Waals surface area contributed by atoms with Gasteiger partial charge in [-0.3, -0.25) is 9.69 Å². The van der Waals surface area contributed by atoms with Crippen molar-refractivity contribution >= 4 is 11.9 Å². The number of β-amino-alcohol motifs (C(OH)–C–C–N with tert-alkyl or cyclic N) is 1. The zero-order valence-electron chi connectivity index (χ0n) is 13.8. The van der Waals surface area contributed by atoms with Crippen molar-refractivity contribution < 1.29 is 19.4 Å². The Morgan fingerprint density at radius 1 is 1.35 bits per heavy atom. The summed E-state index contributed by atoms with van der Waals surface area (Å²) in [6.07, 6.45) is -0.334. The van der Waals surface area contributed by atoms with Crippen molar-refractivity contribution in [1.29, 1.82) is 0 Å². The van der Waals surface area contributed by atoms with E-state index in [0.717, 1.165) is 10.5 Å². The number of imide groups is 1. The van der Waals surface area contributed by atoms with Gasteiger partial charge in [0.1, 0.15) is 24.5 Å². The molecule has 1 aromatic carbocycles. The number of aliphatic hydroxyl groups is 1. The fourth-order valence-corrected chi connectivity index (χ4v) is 2.54. The molecule has 2 N–H and O–H groups in total. The Bertz CT molecular complexity index is 573. The molecular weight excluding hydrogens is 296 g/mol. The quantitative estimate of drug-likeness (QED) is 0.750. The zero-order chi connectivity index (χ0) is 17.0. The van der Waals surface area contributed by atoms with Crippen molar-refractivity contribution in [3.05, 3.63) is 29.8 Å². The minimum atomic E-state index is -0.928. The maximum absolute atomic E-state index is 12.2. The predicted molar refractivity (Wildman–Crippen MR) is 86.2 cm³/mol. The number of nitrogens with zero attached hydrogens (tertiary/aromatic N) is 1. The number of amides is 3. The summed E-state index contributed by atoms with van der Waals surface area (Å²) in [6.45, 7) is 5.89. The maximum Gasteiger partial charge on any atom is 0.324 e. The summed E-state index contributed by atoms with van der Waals surface area (Å²) in [6, 6.07) is 6.53. The van der Waals surface area contributed by atoms with E-state index in [9.17, 15) is 14.7 Å². The molecule has 2 rings (SSSR count). The van der Waals surface area contributed by atoms with Gasteiger partial charge in [-0.05, 0) is 37.0 Å². The summed E-state index contributed by atoms with van der Waals surface area (Å²) in [5, 5.41) is 12.7. The van der Waals surface area contributed by atoms with Gasteiger partial charge in [-0.1, -0.05) is 26.0 Å². The van der Waals surface area contributed by atoms with Crippen LogP contribution in [0, 0.1) is 12.8 Å². The number of hydrogen-bond donors (Lipinski definition) is 2. The number of aliphatic hydroxyl groups excluding tert-OH is 1. The Labute approximate surface area is 136 Å². The average molecular weight is 320 g/mol. The van der Waals surface area contributed by atoms with Crippen LogP contribution in [0.25, 0.3) is 0 Å². The standard InChI is InChI=1S/C17H24N2O4/c1-11(2)7-15-16(21)19(17(22)18-15)9-13(20)10-23-14-6-4-5-12(3)8-14/h4-6,8,11,13,15,20H,7,9-10H2,1-3H3,(H,18,22). The second-order valence-corrected chi connectivity index (χ2v) is 6.36. The summed E-state index contributed by atoms with van der Waals surface area (Å²) in [5.41, 5.74) is 1.06. The smallest absolute Gasteiger partial charge is 0.324 e. The van der Waals surface area contributed by atoms with Crippen molar-refractivity contribution in [1.82, 2.24) is 10.2 Å². The number of urea groups is 1. The minimum Gasteiger partial charge on any atom is -0.491 e. The third kappa shape index (κ3) is 4.69. The van der Waals surface area contributed by atoms with Gasteiger partial charge >= 0.3 is 6.03 Å². The van der Waals surface area contributed by atoms with Crippen LogP contribution in [0.3, 0.4) is 0 Å². The Balaban J connectivity index is 1.86. The lowest BCUT2D eigenvalue weighted by molar-refractivity contribution is -0.128. The minimum absolute atomic E-state index is 0.0232. The van der Waals surface area contributed by atoms with E-state index < -0.39 is 18.2 Å². The fraction of sp³-hybridized carbons (Fsp3) is 0.529. The van der Waals surface area contributed by atoms with Gasteiger partial charge in [0.2, 0.25) is 0 Å². The summed E-state index contributed by atoms with van der Waals surface area (Å²) in [5.74, 6) is 0.677. The summed E-state index contributed by atoms with van der Waals surface area (Å²) < 4.78 is 5.50. The number of hydrogen-bond acceptors (Lipinski definition) is 4. The molecule has 1 saturated heterocycles. The van der Waals surface area contributed by atoms with E-state index >= 15 is 0 Å². The first kappa shape index (κ1) is 17.3. The molecule has 0 radical (unpaired) electrons. The SMILES string of the molecule is Cc1cccc(OCC(O)CN2C(=O)NC(CC(C)C)C2=O)c1. The third-order valence-electron chi connectivity index (χ3n) is 3.64. The molecule has 1 aromatic rings. The van der Waals surface area contributed by atoms with E-state index in [-0.39, 0.29) is 19.1 Å². The second-order valence-electron chi connectivity index (χ2n) is 6.36. The molecule has 1 heterocycles. The number of carbonyl (C=O) groups excluding carboxylic acids is 2. The highest BCUT2D eigenvalue weighted by Gasteiger charge is 2.38. The molecule has 2 unspecified atom stereocenters. The summed E-state index contributed by atoms with van der Waals surface area (Å²) in [4.78, 5) is 25.1. The molecule has 6 nitrogen and oxygen atoms in total. The molecule has 23 heavy (non-hydrogen) atoms. The largest absolute Gasteiger partial charge is 0.491 e. The lowest BCUT2D eigenvalue weighted by Gasteiger charge is -2.18. The van der Waals surface area contributed by atoms with Gasteiger partial charge in [-0.2, -0.15) is 0 Å². The van der Waals surface area contributed by atoms with E-state index in [0.29, 0.717) is 18.1 Å². The first-order valence-corrected chi connectivity index (χ1v) is 7.86. The highest BCUT2D eigenvalue weighted by Crippen LogP contribution is 2.16. The number of carbonyl (C=O) groups is 2. The van der Waals surface area contributed by atoms with Crippen molar-refractivity contribution in [3.63, 3.8) is 0 Å². The topological polar surface area (TPSA) is 78.9 Å². The van der Waals surface area contributed by atoms with Gasteiger partial charge in [0.05, 0.1) is 6.54 Å². The van der Waals surface area contributed by atoms with Crippen LogP contribution in [-0.4, -0.2) is 47.2 Å². The Hall–Kier alpha value is -2.08. The number of rotatable bonds is 7. The van der Waals surface area contributed by atoms with E-state index in [1.54, 1.807) is 6.07 Å². The first-order chi connectivity index (χ1) is 10.9. The van der Waals surface area contributed by atoms with Gasteiger partial charge in [-0.25, -0.2) is 4.79 Å². The number of benzene rings is 1. The second kappa shape index (κ2) is 7.46. The van der Waals surface area contributed by atoms with Crippen LogP contribution >= 0.6 is 0 Å². The molecule has 0 spiro atoms. The number of ether oxygens (including phenoxy) is 1. The lowest BCUT2D eigenvalue weighted by atomic mass is 10.0. The average Bonchev–Trinajstić information content (AvgIpc) is 2.72. The molecule has 0 bridgehead atoms. The number of aryl methyl sites for hydroxylation is 1. The monoisotopic (exact) mass is 320 g/mol. The van der Waals surface area contributed by atoms with Crippen LogP contribution in [0.4, 0.5) is 4.79 Å². The van der Waals surface area contributed by atoms with Crippen LogP contribution in [0.2, 0.25) is 0 Å². The Kier molecular flexibility index (Phi) is 5.60. The van der Waals surface area contributed by atoms with Crippen LogP contribution < -0.4 is 10.1 Å². The zero-order valence-corrected chi connectivity index (χ0v) is 13.8. The van der Waals surface area contributed by atoms with E-state index in [1.807, 2.05) is 39.0 Å². The Morgan fingerprint density at radius 3 is 2.74 bits per heavy atom. The van der Waals surface area contributed by atoms with Gasteiger partial charge in [0.25, 0.3) is 5.91 Å². The van der Waals surface area contributed by atoms with Crippen LogP contribution in [0.5, 0.6) is 5.75 Å². The van der Waals surface area contributed by atoms with Gasteiger partial charge in [0, 0.05) is 0 Å². The van der Waals surface area contributed by atoms with Crippen molar-refractivity contribution in [2.75, 3.05) is 13.2 Å². The summed E-state index contributed by atoms with van der Waals surface area (Å²) >= 11 is 0. The van der Waals surface area contributed by atoms with Crippen molar-refractivity contribution in [2.45, 2.75) is 39.3 Å². The summed E-state index contributed by atoms with van der Waals surface area (Å²) in [7, 11) is 0. The molecule has 2 atom stereocenters. The van der Waals surface area contributed by atoms with Crippen LogP contribution in [0.1, 0.15) is 25.8 Å². The molecule has 0 aliphatic carbocycles. The third-order valence-corrected chi connectivity index (χ3v) is 3.64. The molecular formula is C17H24N2O4. The van der Waals surface area contributed by atoms with Gasteiger partial charge < -0.3 is 15.2 Å². The van der Waals surface area contributed by atoms with Crippen LogP contribution in [-0.2, 0) is 4.79 Å². The molecule has 126 valence electrons. The lowest BCUT2D eigenvalue weighted by Crippen LogP contribution is -2.40. The highest BCUT2D eigenvalue weighted by molar-refractivity contribution is 6.04. The van der Waals surface area contributed by atoms with Gasteiger partial charge in [-0.15, -0.1) is 0 Å². The van der Waals surface area contributed by atoms with E-state index in [4.69, 9.17) is 4.74 Å². The first-order valence-electron chi connectivity index (χ1n) is 7.86. The molecule has 1 fully saturated rings. The van der Waals surface area contributed by atoms with E-state index in [1.165, 1.54) is 0 Å². The fourth-order valence-electron chi connectivity index (χ4n) is 2.54. The molecule has 1 aliphatic rings. The van der Waals surface area contributed by atoms with Crippen molar-refractivity contribution in [2.24, 2.45) is 5.92 Å². The molecule has 1 aliphatic heterocycles. The molecule has 6 heteroatoms. The predicted octanol–water partition coefficient (Wildman–Crippen LogP) is 1.70. The maximum atomic E-state index is 12.2. The van der Waals surface area contributed by atoms with Crippen molar-refractivity contribution in [3.8, 4) is 5.75 Å². The number of nitrogens with one attached hydrogen (secondary N) is 1. The normalized spacial score (nSPS) is 19.2. The van der Waals surface area contributed by atoms with Crippen LogP contribution in [0.15, 0.2) is 24.3 Å². The Morgan fingerprint density at radius 2 is 2.09 bits per heavy atom.